The topological polar surface area (TPSA) is 72.7 Å². The lowest BCUT2D eigenvalue weighted by Gasteiger charge is -2.00. The van der Waals surface area contributed by atoms with Gasteiger partial charge in [-0.2, -0.15) is 0 Å². The predicted molar refractivity (Wildman–Crippen MR) is 80.5 cm³/mol. The van der Waals surface area contributed by atoms with Gasteiger partial charge in [-0.1, -0.05) is 6.07 Å². The molecule has 0 atom stereocenters. The predicted octanol–water partition coefficient (Wildman–Crippen LogP) is 1.31. The zero-order valence-electron chi connectivity index (χ0n) is 10.9. The first-order valence-corrected chi connectivity index (χ1v) is 7.75. The minimum Gasteiger partial charge on any atom is -0.335 e. The average Bonchev–Trinajstić information content (AvgIpc) is 3.09. The summed E-state index contributed by atoms with van der Waals surface area (Å²) in [5.74, 6) is 1.32. The number of aromatic nitrogens is 4. The highest BCUT2D eigenvalue weighted by Gasteiger charge is 2.13. The van der Waals surface area contributed by atoms with Crippen molar-refractivity contribution in [3.05, 3.63) is 44.2 Å². The molecule has 0 aliphatic carbocycles. The number of fused-ring (bicyclic) bond motifs is 1. The number of thioether (sulfide) groups is 1. The molecule has 3 aromatic rings. The number of hydrogen-bond acceptors (Lipinski definition) is 5. The summed E-state index contributed by atoms with van der Waals surface area (Å²) in [6, 6.07) is 4.03. The maximum Gasteiger partial charge on any atom is 0.332 e. The molecule has 1 N–H and O–H groups in total. The standard InChI is InChI=1S/C12H12N4O2S2/c1-15-10-9(11(17)16(2)12(15)18)13-7(14-10)6-20-8-4-3-5-19-8/h3-5H,6H2,1-2H3,(H,13,14). The van der Waals surface area contributed by atoms with Gasteiger partial charge in [-0.05, 0) is 11.4 Å². The molecule has 0 spiro atoms. The zero-order chi connectivity index (χ0) is 14.3. The molecule has 3 heterocycles. The molecular formula is C12H12N4O2S2. The molecule has 0 amide bonds. The van der Waals surface area contributed by atoms with E-state index < -0.39 is 0 Å². The second kappa shape index (κ2) is 4.95. The Kier molecular flexibility index (Phi) is 3.27. The quantitative estimate of drug-likeness (QED) is 0.741. The fourth-order valence-electron chi connectivity index (χ4n) is 1.93. The van der Waals surface area contributed by atoms with Gasteiger partial charge in [0, 0.05) is 14.1 Å². The first-order chi connectivity index (χ1) is 9.58. The first-order valence-electron chi connectivity index (χ1n) is 5.89. The summed E-state index contributed by atoms with van der Waals surface area (Å²) in [4.78, 5) is 31.2. The number of rotatable bonds is 3. The highest BCUT2D eigenvalue weighted by atomic mass is 32.2. The van der Waals surface area contributed by atoms with Crippen molar-refractivity contribution in [1.29, 1.82) is 0 Å². The summed E-state index contributed by atoms with van der Waals surface area (Å²) in [7, 11) is 3.08. The van der Waals surface area contributed by atoms with E-state index in [0.717, 1.165) is 4.57 Å². The maximum absolute atomic E-state index is 12.0. The van der Waals surface area contributed by atoms with Gasteiger partial charge in [-0.25, -0.2) is 9.78 Å². The number of aryl methyl sites for hydroxylation is 1. The number of nitrogens with one attached hydrogen (secondary N) is 1. The maximum atomic E-state index is 12.0. The zero-order valence-corrected chi connectivity index (χ0v) is 12.5. The molecule has 0 aliphatic rings. The highest BCUT2D eigenvalue weighted by molar-refractivity contribution is 8.00. The average molecular weight is 308 g/mol. The molecule has 20 heavy (non-hydrogen) atoms. The molecule has 0 aromatic carbocycles. The Morgan fingerprint density at radius 3 is 2.85 bits per heavy atom. The number of H-pyrrole nitrogens is 1. The van der Waals surface area contributed by atoms with E-state index in [0.29, 0.717) is 22.7 Å². The van der Waals surface area contributed by atoms with E-state index in [4.69, 9.17) is 0 Å². The molecule has 0 aliphatic heterocycles. The molecule has 3 rings (SSSR count). The third kappa shape index (κ3) is 2.10. The van der Waals surface area contributed by atoms with E-state index in [-0.39, 0.29) is 11.2 Å². The van der Waals surface area contributed by atoms with Crippen LogP contribution in [0.1, 0.15) is 5.82 Å². The van der Waals surface area contributed by atoms with Gasteiger partial charge in [-0.15, -0.1) is 23.1 Å². The van der Waals surface area contributed by atoms with Gasteiger partial charge in [0.2, 0.25) is 0 Å². The van der Waals surface area contributed by atoms with Gasteiger partial charge in [0.25, 0.3) is 5.56 Å². The van der Waals surface area contributed by atoms with Crippen LogP contribution in [0.25, 0.3) is 11.2 Å². The lowest BCUT2D eigenvalue weighted by atomic mass is 10.5. The Balaban J connectivity index is 2.03. The molecule has 0 bridgehead atoms. The molecule has 3 aromatic heterocycles. The van der Waals surface area contributed by atoms with Crippen LogP contribution in [0, 0.1) is 0 Å². The van der Waals surface area contributed by atoms with Crippen LogP contribution in [0.5, 0.6) is 0 Å². The lowest BCUT2D eigenvalue weighted by molar-refractivity contribution is 0.708. The summed E-state index contributed by atoms with van der Waals surface area (Å²) in [5, 5.41) is 2.01. The van der Waals surface area contributed by atoms with Crippen molar-refractivity contribution in [2.24, 2.45) is 14.1 Å². The molecule has 8 heteroatoms. The van der Waals surface area contributed by atoms with E-state index in [1.165, 1.54) is 15.8 Å². The molecule has 0 saturated carbocycles. The number of thiophene rings is 1. The fourth-order valence-corrected chi connectivity index (χ4v) is 3.58. The fraction of sp³-hybridized carbons (Fsp3) is 0.250. The third-order valence-corrected chi connectivity index (χ3v) is 5.13. The minimum atomic E-state index is -0.369. The second-order valence-corrected chi connectivity index (χ2v) is 6.53. The number of nitrogens with zero attached hydrogens (tertiary/aromatic N) is 3. The van der Waals surface area contributed by atoms with Crippen LogP contribution in [-0.4, -0.2) is 19.1 Å². The molecule has 0 saturated heterocycles. The normalized spacial score (nSPS) is 11.3. The monoisotopic (exact) mass is 308 g/mol. The Labute approximate surface area is 122 Å². The van der Waals surface area contributed by atoms with Crippen molar-refractivity contribution in [3.8, 4) is 0 Å². The highest BCUT2D eigenvalue weighted by Crippen LogP contribution is 2.26. The van der Waals surface area contributed by atoms with Crippen molar-refractivity contribution in [3.63, 3.8) is 0 Å². The van der Waals surface area contributed by atoms with Gasteiger partial charge in [0.15, 0.2) is 5.65 Å². The van der Waals surface area contributed by atoms with Crippen LogP contribution >= 0.6 is 23.1 Å². The van der Waals surface area contributed by atoms with Crippen molar-refractivity contribution in [2.45, 2.75) is 9.96 Å². The smallest absolute Gasteiger partial charge is 0.332 e. The molecule has 0 unspecified atom stereocenters. The third-order valence-electron chi connectivity index (χ3n) is 2.99. The van der Waals surface area contributed by atoms with Crippen LogP contribution in [0.3, 0.4) is 0 Å². The van der Waals surface area contributed by atoms with Crippen LogP contribution in [-0.2, 0) is 19.8 Å². The molecular weight excluding hydrogens is 296 g/mol. The second-order valence-electron chi connectivity index (χ2n) is 4.31. The largest absolute Gasteiger partial charge is 0.335 e. The van der Waals surface area contributed by atoms with Crippen molar-refractivity contribution in [1.82, 2.24) is 19.1 Å². The van der Waals surface area contributed by atoms with E-state index in [1.54, 1.807) is 30.1 Å². The summed E-state index contributed by atoms with van der Waals surface area (Å²) in [6.45, 7) is 0. The van der Waals surface area contributed by atoms with Gasteiger partial charge in [0.05, 0.1) is 9.96 Å². The Hall–Kier alpha value is -1.80. The van der Waals surface area contributed by atoms with Crippen LogP contribution < -0.4 is 11.2 Å². The van der Waals surface area contributed by atoms with Crippen LogP contribution in [0.2, 0.25) is 0 Å². The van der Waals surface area contributed by atoms with Crippen molar-refractivity contribution >= 4 is 34.3 Å². The summed E-state index contributed by atoms with van der Waals surface area (Å²) >= 11 is 3.30. The van der Waals surface area contributed by atoms with E-state index in [2.05, 4.69) is 9.97 Å². The molecule has 104 valence electrons. The van der Waals surface area contributed by atoms with E-state index >= 15 is 0 Å². The van der Waals surface area contributed by atoms with E-state index in [9.17, 15) is 9.59 Å². The molecule has 0 radical (unpaired) electrons. The molecule has 0 fully saturated rings. The summed E-state index contributed by atoms with van der Waals surface area (Å²) < 4.78 is 3.65. The van der Waals surface area contributed by atoms with Gasteiger partial charge < -0.3 is 4.98 Å². The van der Waals surface area contributed by atoms with Gasteiger partial charge in [0.1, 0.15) is 11.3 Å². The summed E-state index contributed by atoms with van der Waals surface area (Å²) in [6.07, 6.45) is 0. The minimum absolute atomic E-state index is 0.344. The Morgan fingerprint density at radius 1 is 1.35 bits per heavy atom. The van der Waals surface area contributed by atoms with Crippen LogP contribution in [0.4, 0.5) is 0 Å². The number of hydrogen-bond donors (Lipinski definition) is 1. The summed E-state index contributed by atoms with van der Waals surface area (Å²) in [5.41, 5.74) is 0.0608. The van der Waals surface area contributed by atoms with Crippen molar-refractivity contribution < 1.29 is 0 Å². The Bertz CT molecular complexity index is 873. The number of aromatic amines is 1. The van der Waals surface area contributed by atoms with Crippen LogP contribution in [0.15, 0.2) is 31.3 Å². The van der Waals surface area contributed by atoms with Gasteiger partial charge >= 0.3 is 5.69 Å². The number of imidazole rings is 1. The van der Waals surface area contributed by atoms with Crippen molar-refractivity contribution in [2.75, 3.05) is 0 Å². The molecule has 6 nitrogen and oxygen atoms in total. The van der Waals surface area contributed by atoms with E-state index in [1.807, 2.05) is 17.5 Å². The van der Waals surface area contributed by atoms with Gasteiger partial charge in [-0.3, -0.25) is 13.9 Å². The SMILES string of the molecule is Cn1c(=O)c2[nH]c(CSc3cccs3)nc2n(C)c1=O. The Morgan fingerprint density at radius 2 is 2.15 bits per heavy atom. The first kappa shape index (κ1) is 13.2. The lowest BCUT2D eigenvalue weighted by Crippen LogP contribution is -2.36.